The van der Waals surface area contributed by atoms with E-state index in [2.05, 4.69) is 30.4 Å². The van der Waals surface area contributed by atoms with Crippen LogP contribution in [-0.4, -0.2) is 46.2 Å². The highest BCUT2D eigenvalue weighted by atomic mass is 15.3. The van der Waals surface area contributed by atoms with Crippen LogP contribution < -0.4 is 5.32 Å². The monoisotopic (exact) mass is 194 g/mol. The lowest BCUT2D eigenvalue weighted by atomic mass is 10.3. The molecule has 0 aliphatic carbocycles. The van der Waals surface area contributed by atoms with Crippen molar-refractivity contribution < 1.29 is 0 Å². The Bertz CT molecular complexity index is 304. The fraction of sp³-hybridized carbons (Fsp3) is 0.625. The van der Waals surface area contributed by atoms with E-state index in [0.29, 0.717) is 6.54 Å². The number of hydrogen-bond acceptors (Lipinski definition) is 5. The van der Waals surface area contributed by atoms with Gasteiger partial charge < -0.3 is 10.2 Å². The van der Waals surface area contributed by atoms with Gasteiger partial charge in [0.1, 0.15) is 12.2 Å². The molecule has 76 valence electrons. The maximum atomic E-state index is 4.38. The van der Waals surface area contributed by atoms with E-state index < -0.39 is 0 Å². The number of rotatable bonds is 2. The predicted octanol–water partition coefficient (Wildman–Crippen LogP) is -0.414. The minimum Gasteiger partial charge on any atom is -0.349 e. The fourth-order valence-electron chi connectivity index (χ4n) is 1.39. The van der Waals surface area contributed by atoms with E-state index in [1.54, 1.807) is 0 Å². The predicted molar refractivity (Wildman–Crippen MR) is 52.8 cm³/mol. The molecular formula is C8H14N6. The van der Waals surface area contributed by atoms with E-state index >= 15 is 0 Å². The first kappa shape index (κ1) is 8.98. The summed E-state index contributed by atoms with van der Waals surface area (Å²) in [4.78, 5) is 10.5. The molecule has 0 fully saturated rings. The molecule has 1 aliphatic heterocycles. The SMILES string of the molecule is CN1CCCN=C1NCc1ncn[nH]1. The van der Waals surface area contributed by atoms with E-state index in [4.69, 9.17) is 0 Å². The van der Waals surface area contributed by atoms with Gasteiger partial charge in [-0.25, -0.2) is 4.98 Å². The second-order valence-electron chi connectivity index (χ2n) is 3.27. The maximum Gasteiger partial charge on any atom is 0.194 e. The van der Waals surface area contributed by atoms with Gasteiger partial charge in [-0.05, 0) is 6.42 Å². The van der Waals surface area contributed by atoms with Gasteiger partial charge >= 0.3 is 0 Å². The van der Waals surface area contributed by atoms with Crippen molar-refractivity contribution in [2.45, 2.75) is 13.0 Å². The lowest BCUT2D eigenvalue weighted by Crippen LogP contribution is -2.41. The Labute approximate surface area is 82.4 Å². The van der Waals surface area contributed by atoms with Crippen LogP contribution in [-0.2, 0) is 6.54 Å². The van der Waals surface area contributed by atoms with Crippen LogP contribution in [0.5, 0.6) is 0 Å². The molecule has 0 atom stereocenters. The lowest BCUT2D eigenvalue weighted by Gasteiger charge is -2.25. The highest BCUT2D eigenvalue weighted by Gasteiger charge is 2.10. The molecule has 1 aromatic heterocycles. The normalized spacial score (nSPS) is 16.6. The molecule has 0 bridgehead atoms. The Morgan fingerprint density at radius 2 is 2.57 bits per heavy atom. The highest BCUT2D eigenvalue weighted by molar-refractivity contribution is 5.80. The van der Waals surface area contributed by atoms with Gasteiger partial charge in [0, 0.05) is 20.1 Å². The Kier molecular flexibility index (Phi) is 2.62. The fourth-order valence-corrected chi connectivity index (χ4v) is 1.39. The molecule has 1 aliphatic rings. The van der Waals surface area contributed by atoms with Crippen LogP contribution >= 0.6 is 0 Å². The van der Waals surface area contributed by atoms with Gasteiger partial charge in [-0.3, -0.25) is 10.1 Å². The van der Waals surface area contributed by atoms with Crippen molar-refractivity contribution in [1.29, 1.82) is 0 Å². The molecule has 14 heavy (non-hydrogen) atoms. The number of aromatic amines is 1. The summed E-state index contributed by atoms with van der Waals surface area (Å²) >= 11 is 0. The van der Waals surface area contributed by atoms with Crippen LogP contribution in [0.1, 0.15) is 12.2 Å². The number of aliphatic imine (C=N–C) groups is 1. The quantitative estimate of drug-likeness (QED) is 0.671. The zero-order valence-corrected chi connectivity index (χ0v) is 8.19. The minimum atomic E-state index is 0.642. The first-order valence-electron chi connectivity index (χ1n) is 4.70. The van der Waals surface area contributed by atoms with Crippen LogP contribution in [0.15, 0.2) is 11.3 Å². The third-order valence-corrected chi connectivity index (χ3v) is 2.15. The van der Waals surface area contributed by atoms with Crippen molar-refractivity contribution in [3.8, 4) is 0 Å². The third-order valence-electron chi connectivity index (χ3n) is 2.15. The molecule has 1 aromatic rings. The van der Waals surface area contributed by atoms with Crippen molar-refractivity contribution in [2.75, 3.05) is 20.1 Å². The smallest absolute Gasteiger partial charge is 0.194 e. The highest BCUT2D eigenvalue weighted by Crippen LogP contribution is 1.98. The molecule has 2 rings (SSSR count). The summed E-state index contributed by atoms with van der Waals surface area (Å²) in [5.74, 6) is 1.76. The molecular weight excluding hydrogens is 180 g/mol. The largest absolute Gasteiger partial charge is 0.349 e. The van der Waals surface area contributed by atoms with Crippen molar-refractivity contribution in [3.63, 3.8) is 0 Å². The number of aromatic nitrogens is 3. The van der Waals surface area contributed by atoms with Gasteiger partial charge in [0.15, 0.2) is 5.96 Å². The first-order valence-corrected chi connectivity index (χ1v) is 4.70. The molecule has 2 N–H and O–H groups in total. The molecule has 0 unspecified atom stereocenters. The number of nitrogens with zero attached hydrogens (tertiary/aromatic N) is 4. The van der Waals surface area contributed by atoms with Crippen LogP contribution in [0.25, 0.3) is 0 Å². The Balaban J connectivity index is 1.88. The topological polar surface area (TPSA) is 69.2 Å². The molecule has 0 spiro atoms. The van der Waals surface area contributed by atoms with Gasteiger partial charge in [0.25, 0.3) is 0 Å². The molecule has 0 saturated heterocycles. The van der Waals surface area contributed by atoms with Crippen molar-refractivity contribution in [2.24, 2.45) is 4.99 Å². The van der Waals surface area contributed by atoms with E-state index in [1.807, 2.05) is 7.05 Å². The number of hydrogen-bond donors (Lipinski definition) is 2. The van der Waals surface area contributed by atoms with Crippen molar-refractivity contribution >= 4 is 5.96 Å². The third kappa shape index (κ3) is 2.01. The molecule has 0 saturated carbocycles. The first-order chi connectivity index (χ1) is 6.86. The number of nitrogens with one attached hydrogen (secondary N) is 2. The molecule has 2 heterocycles. The average Bonchev–Trinajstić information content (AvgIpc) is 2.69. The van der Waals surface area contributed by atoms with Gasteiger partial charge in [-0.15, -0.1) is 0 Å². The standard InChI is InChI=1S/C8H14N6/c1-14-4-2-3-9-8(14)10-5-7-11-6-12-13-7/h6H,2-5H2,1H3,(H,9,10)(H,11,12,13). The average molecular weight is 194 g/mol. The summed E-state index contributed by atoms with van der Waals surface area (Å²) < 4.78 is 0. The van der Waals surface area contributed by atoms with Crippen molar-refractivity contribution in [1.82, 2.24) is 25.4 Å². The Hall–Kier alpha value is -1.59. The molecule has 6 nitrogen and oxygen atoms in total. The van der Waals surface area contributed by atoms with Crippen molar-refractivity contribution in [3.05, 3.63) is 12.2 Å². The lowest BCUT2D eigenvalue weighted by molar-refractivity contribution is 0.445. The zero-order valence-electron chi connectivity index (χ0n) is 8.19. The van der Waals surface area contributed by atoms with E-state index in [1.165, 1.54) is 6.33 Å². The minimum absolute atomic E-state index is 0.642. The summed E-state index contributed by atoms with van der Waals surface area (Å²) in [6.07, 6.45) is 2.63. The second-order valence-corrected chi connectivity index (χ2v) is 3.27. The molecule has 0 amide bonds. The van der Waals surface area contributed by atoms with Gasteiger partial charge in [0.2, 0.25) is 0 Å². The van der Waals surface area contributed by atoms with E-state index in [9.17, 15) is 0 Å². The molecule has 0 aromatic carbocycles. The number of H-pyrrole nitrogens is 1. The molecule has 0 radical (unpaired) electrons. The van der Waals surface area contributed by atoms with E-state index in [0.717, 1.165) is 31.3 Å². The molecule has 6 heteroatoms. The number of guanidine groups is 1. The Morgan fingerprint density at radius 3 is 3.29 bits per heavy atom. The summed E-state index contributed by atoms with van der Waals surface area (Å²) in [6.45, 7) is 2.61. The Morgan fingerprint density at radius 1 is 1.64 bits per heavy atom. The van der Waals surface area contributed by atoms with Crippen LogP contribution in [0.3, 0.4) is 0 Å². The summed E-state index contributed by atoms with van der Waals surface area (Å²) in [5.41, 5.74) is 0. The van der Waals surface area contributed by atoms with Gasteiger partial charge in [-0.2, -0.15) is 5.10 Å². The zero-order chi connectivity index (χ0) is 9.80. The maximum absolute atomic E-state index is 4.38. The van der Waals surface area contributed by atoms with Crippen LogP contribution in [0, 0.1) is 0 Å². The summed E-state index contributed by atoms with van der Waals surface area (Å²) in [5, 5.41) is 9.79. The van der Waals surface area contributed by atoms with Crippen LogP contribution in [0.4, 0.5) is 0 Å². The van der Waals surface area contributed by atoms with Crippen LogP contribution in [0.2, 0.25) is 0 Å². The van der Waals surface area contributed by atoms with E-state index in [-0.39, 0.29) is 0 Å². The summed E-state index contributed by atoms with van der Waals surface area (Å²) in [6, 6.07) is 0. The second kappa shape index (κ2) is 4.08. The summed E-state index contributed by atoms with van der Waals surface area (Å²) in [7, 11) is 2.03. The van der Waals surface area contributed by atoms with Gasteiger partial charge in [-0.1, -0.05) is 0 Å². The van der Waals surface area contributed by atoms with Gasteiger partial charge in [0.05, 0.1) is 6.54 Å².